The first-order valence-corrected chi connectivity index (χ1v) is 14.6. The molecular weight excluding hydrogens is 630 g/mol. The SMILES string of the molecule is CC#N.COCCOC(=O)NCCCCCC(=O)O.COCCOC(=O)NCCCCCC(=O)Sc1c(F)c(F)cc(F)c1F. The number of carboxylic acid groups (broad SMARTS) is 1. The van der Waals surface area contributed by atoms with Crippen LogP contribution in [-0.4, -0.2) is 82.1 Å². The van der Waals surface area contributed by atoms with Crippen LogP contribution in [0.4, 0.5) is 27.2 Å². The molecule has 0 aliphatic rings. The number of halogens is 4. The number of carbonyl (C=O) groups is 4. The molecule has 2 amide bonds. The van der Waals surface area contributed by atoms with Gasteiger partial charge < -0.3 is 34.7 Å². The third kappa shape index (κ3) is 25.4. The van der Waals surface area contributed by atoms with Crippen molar-refractivity contribution in [3.8, 4) is 6.07 Å². The summed E-state index contributed by atoms with van der Waals surface area (Å²) in [5, 5.41) is 20.2. The normalized spacial score (nSPS) is 9.82. The fraction of sp³-hybridized carbons (Fsp3) is 0.607. The minimum atomic E-state index is -1.58. The summed E-state index contributed by atoms with van der Waals surface area (Å²) in [6.45, 7) is 3.33. The number of aliphatic carboxylic acids is 1. The molecular formula is C28H41F4N3O9S. The largest absolute Gasteiger partial charge is 0.481 e. The second-order valence-electron chi connectivity index (χ2n) is 8.62. The number of amides is 2. The fourth-order valence-electron chi connectivity index (χ4n) is 2.87. The summed E-state index contributed by atoms with van der Waals surface area (Å²) >= 11 is 0.135. The minimum Gasteiger partial charge on any atom is -0.481 e. The first-order valence-electron chi connectivity index (χ1n) is 13.8. The van der Waals surface area contributed by atoms with Crippen molar-refractivity contribution in [2.75, 3.05) is 53.7 Å². The third-order valence-electron chi connectivity index (χ3n) is 4.99. The van der Waals surface area contributed by atoms with Crippen molar-refractivity contribution in [3.05, 3.63) is 29.3 Å². The molecule has 45 heavy (non-hydrogen) atoms. The zero-order chi connectivity index (χ0) is 34.5. The average molecular weight is 672 g/mol. The summed E-state index contributed by atoms with van der Waals surface area (Å²) in [6, 6.07) is 1.84. The van der Waals surface area contributed by atoms with Crippen molar-refractivity contribution in [1.29, 1.82) is 5.26 Å². The van der Waals surface area contributed by atoms with Crippen LogP contribution in [0.25, 0.3) is 0 Å². The van der Waals surface area contributed by atoms with Crippen molar-refractivity contribution in [1.82, 2.24) is 10.6 Å². The fourth-order valence-corrected chi connectivity index (χ4v) is 3.72. The second kappa shape index (κ2) is 29.1. The second-order valence-corrected chi connectivity index (χ2v) is 9.69. The van der Waals surface area contributed by atoms with Crippen LogP contribution in [0.5, 0.6) is 0 Å². The van der Waals surface area contributed by atoms with Gasteiger partial charge in [-0.25, -0.2) is 27.2 Å². The van der Waals surface area contributed by atoms with Crippen LogP contribution in [-0.2, 0) is 28.5 Å². The predicted molar refractivity (Wildman–Crippen MR) is 155 cm³/mol. The summed E-state index contributed by atoms with van der Waals surface area (Å²) in [4.78, 5) is 43.1. The lowest BCUT2D eigenvalue weighted by atomic mass is 10.2. The molecule has 0 radical (unpaired) electrons. The molecule has 0 bridgehead atoms. The van der Waals surface area contributed by atoms with E-state index in [4.69, 9.17) is 29.3 Å². The highest BCUT2D eigenvalue weighted by molar-refractivity contribution is 8.13. The summed E-state index contributed by atoms with van der Waals surface area (Å²) in [7, 11) is 3.01. The predicted octanol–water partition coefficient (Wildman–Crippen LogP) is 5.33. The lowest BCUT2D eigenvalue weighted by molar-refractivity contribution is -0.137. The molecule has 0 unspecified atom stereocenters. The number of carboxylic acids is 1. The van der Waals surface area contributed by atoms with Gasteiger partial charge >= 0.3 is 18.2 Å². The van der Waals surface area contributed by atoms with Gasteiger partial charge in [0, 0.05) is 53.1 Å². The Hall–Kier alpha value is -3.62. The molecule has 17 heteroatoms. The lowest BCUT2D eigenvalue weighted by Crippen LogP contribution is -2.26. The standard InChI is InChI=1S/C16H19F4NO4S.C10H19NO5.C2H3N/c1-24-7-8-25-16(23)21-6-4-2-3-5-12(22)26-15-13(19)10(17)9-11(18)14(15)20;1-15-7-8-16-10(14)11-6-4-2-3-5-9(12)13;1-2-3/h9H,2-8H2,1H3,(H,21,23);2-8H2,1H3,(H,11,14)(H,12,13);1H3. The number of ether oxygens (including phenoxy) is 4. The van der Waals surface area contributed by atoms with E-state index in [9.17, 15) is 36.7 Å². The van der Waals surface area contributed by atoms with E-state index >= 15 is 0 Å². The molecule has 0 fully saturated rings. The summed E-state index contributed by atoms with van der Waals surface area (Å²) in [5.74, 6) is -7.06. The van der Waals surface area contributed by atoms with E-state index in [-0.39, 0.29) is 43.9 Å². The van der Waals surface area contributed by atoms with E-state index in [0.29, 0.717) is 52.0 Å². The van der Waals surface area contributed by atoms with Crippen LogP contribution in [0.1, 0.15) is 58.3 Å². The number of carbonyl (C=O) groups excluding carboxylic acids is 3. The summed E-state index contributed by atoms with van der Waals surface area (Å²) in [5.41, 5.74) is 0. The van der Waals surface area contributed by atoms with Gasteiger partial charge in [0.25, 0.3) is 0 Å². The van der Waals surface area contributed by atoms with E-state index in [2.05, 4.69) is 10.6 Å². The van der Waals surface area contributed by atoms with Crippen LogP contribution in [0.15, 0.2) is 11.0 Å². The number of thioether (sulfide) groups is 1. The molecule has 256 valence electrons. The number of unbranched alkanes of at least 4 members (excludes halogenated alkanes) is 4. The molecule has 0 aromatic heterocycles. The number of nitriles is 1. The number of nitrogens with zero attached hydrogens (tertiary/aromatic N) is 1. The van der Waals surface area contributed by atoms with Crippen LogP contribution in [0.2, 0.25) is 0 Å². The van der Waals surface area contributed by atoms with Gasteiger partial charge in [0.1, 0.15) is 13.2 Å². The molecule has 0 aliphatic heterocycles. The highest BCUT2D eigenvalue weighted by atomic mass is 32.2. The topological polar surface area (TPSA) is 173 Å². The maximum Gasteiger partial charge on any atom is 0.407 e. The first-order chi connectivity index (χ1) is 21.4. The van der Waals surface area contributed by atoms with Crippen molar-refractivity contribution in [3.63, 3.8) is 0 Å². The highest BCUT2D eigenvalue weighted by Crippen LogP contribution is 2.30. The first kappa shape index (κ1) is 43.5. The third-order valence-corrected chi connectivity index (χ3v) is 5.99. The maximum atomic E-state index is 13.5. The van der Waals surface area contributed by atoms with Crippen molar-refractivity contribution in [2.24, 2.45) is 0 Å². The zero-order valence-corrected chi connectivity index (χ0v) is 26.4. The molecule has 1 aromatic rings. The van der Waals surface area contributed by atoms with Gasteiger partial charge in [-0.1, -0.05) is 12.8 Å². The summed E-state index contributed by atoms with van der Waals surface area (Å²) in [6.07, 6.45) is 2.81. The Morgan fingerprint density at radius 2 is 1.20 bits per heavy atom. The Kier molecular flexibility index (Phi) is 28.1. The van der Waals surface area contributed by atoms with E-state index < -0.39 is 51.4 Å². The Balaban J connectivity index is 0. The highest BCUT2D eigenvalue weighted by Gasteiger charge is 2.22. The number of nitrogens with one attached hydrogen (secondary N) is 2. The van der Waals surface area contributed by atoms with E-state index in [1.54, 1.807) is 6.07 Å². The van der Waals surface area contributed by atoms with E-state index in [1.165, 1.54) is 21.1 Å². The van der Waals surface area contributed by atoms with Crippen molar-refractivity contribution >= 4 is 35.0 Å². The molecule has 0 heterocycles. The van der Waals surface area contributed by atoms with Crippen LogP contribution < -0.4 is 10.6 Å². The van der Waals surface area contributed by atoms with Crippen molar-refractivity contribution in [2.45, 2.75) is 63.2 Å². The molecule has 12 nitrogen and oxygen atoms in total. The molecule has 0 aliphatic carbocycles. The Morgan fingerprint density at radius 1 is 0.778 bits per heavy atom. The molecule has 0 saturated heterocycles. The van der Waals surface area contributed by atoms with Crippen LogP contribution >= 0.6 is 11.8 Å². The number of benzene rings is 1. The Labute approximate surface area is 264 Å². The quantitative estimate of drug-likeness (QED) is 0.0751. The Morgan fingerprint density at radius 3 is 1.60 bits per heavy atom. The van der Waals surface area contributed by atoms with Crippen molar-refractivity contribution < 1.29 is 60.8 Å². The van der Waals surface area contributed by atoms with Gasteiger partial charge in [-0.05, 0) is 37.4 Å². The van der Waals surface area contributed by atoms with E-state index in [1.807, 2.05) is 0 Å². The Bertz CT molecular complexity index is 1040. The van der Waals surface area contributed by atoms with Gasteiger partial charge in [-0.2, -0.15) is 5.26 Å². The molecule has 1 aromatic carbocycles. The van der Waals surface area contributed by atoms with Gasteiger partial charge in [-0.3, -0.25) is 9.59 Å². The number of hydrogen-bond donors (Lipinski definition) is 3. The van der Waals surface area contributed by atoms with Crippen LogP contribution in [0.3, 0.4) is 0 Å². The molecule has 0 saturated carbocycles. The lowest BCUT2D eigenvalue weighted by Gasteiger charge is -2.07. The minimum absolute atomic E-state index is 0.0278. The number of methoxy groups -OCH3 is 2. The molecule has 3 N–H and O–H groups in total. The summed E-state index contributed by atoms with van der Waals surface area (Å²) < 4.78 is 72.0. The van der Waals surface area contributed by atoms with Gasteiger partial charge in [-0.15, -0.1) is 0 Å². The van der Waals surface area contributed by atoms with Crippen LogP contribution in [0, 0.1) is 34.6 Å². The molecule has 1 rings (SSSR count). The number of alkyl carbamates (subject to hydrolysis) is 2. The average Bonchev–Trinajstić information content (AvgIpc) is 2.98. The zero-order valence-electron chi connectivity index (χ0n) is 25.6. The van der Waals surface area contributed by atoms with Gasteiger partial charge in [0.05, 0.1) is 24.2 Å². The van der Waals surface area contributed by atoms with Gasteiger partial charge in [0.15, 0.2) is 28.4 Å². The smallest absolute Gasteiger partial charge is 0.407 e. The number of hydrogen-bond acceptors (Lipinski definition) is 10. The maximum absolute atomic E-state index is 13.5. The monoisotopic (exact) mass is 671 g/mol. The van der Waals surface area contributed by atoms with Gasteiger partial charge in [0.2, 0.25) is 0 Å². The molecule has 0 atom stereocenters. The molecule has 0 spiro atoms. The number of rotatable bonds is 19. The van der Waals surface area contributed by atoms with E-state index in [0.717, 1.165) is 12.8 Å².